The normalized spacial score (nSPS) is 12.8. The first-order valence-electron chi connectivity index (χ1n) is 5.93. The molecule has 0 aromatic heterocycles. The molecule has 11 heteroatoms. The van der Waals surface area contributed by atoms with Crippen molar-refractivity contribution in [3.63, 3.8) is 0 Å². The Morgan fingerprint density at radius 2 is 1.91 bits per heavy atom. The van der Waals surface area contributed by atoms with Gasteiger partial charge in [0.15, 0.2) is 0 Å². The highest BCUT2D eigenvalue weighted by Crippen LogP contribution is 2.37. The highest BCUT2D eigenvalue weighted by atomic mass is 32.2. The van der Waals surface area contributed by atoms with Crippen molar-refractivity contribution in [3.05, 3.63) is 24.3 Å². The largest absolute Gasteiger partial charge is 0.507 e. The lowest BCUT2D eigenvalue weighted by molar-refractivity contribution is -0.114. The summed E-state index contributed by atoms with van der Waals surface area (Å²) in [5.41, 5.74) is -0.0585. The number of carbonyl (C=O) groups is 1. The van der Waals surface area contributed by atoms with E-state index in [0.29, 0.717) is 0 Å². The van der Waals surface area contributed by atoms with Gasteiger partial charge in [-0.05, 0) is 23.6 Å². The van der Waals surface area contributed by atoms with Gasteiger partial charge in [-0.3, -0.25) is 13.9 Å². The summed E-state index contributed by atoms with van der Waals surface area (Å²) in [6.45, 7) is 1.18. The van der Waals surface area contributed by atoms with E-state index in [9.17, 15) is 22.5 Å². The van der Waals surface area contributed by atoms with Crippen molar-refractivity contribution in [1.82, 2.24) is 0 Å². The van der Waals surface area contributed by atoms with Crippen molar-refractivity contribution in [2.75, 3.05) is 5.32 Å². The molecule has 0 radical (unpaired) electrons. The molecule has 0 fully saturated rings. The molecule has 0 spiro atoms. The van der Waals surface area contributed by atoms with Gasteiger partial charge in [0.1, 0.15) is 11.5 Å². The van der Waals surface area contributed by atoms with Crippen LogP contribution in [-0.4, -0.2) is 32.7 Å². The van der Waals surface area contributed by atoms with E-state index >= 15 is 0 Å². The second-order valence-electron chi connectivity index (χ2n) is 4.47. The first kappa shape index (κ1) is 17.1. The topological polar surface area (TPSA) is 150 Å². The first-order valence-corrected chi connectivity index (χ1v) is 8.40. The molecule has 4 N–H and O–H groups in total. The van der Waals surface area contributed by atoms with Crippen LogP contribution >= 0.6 is 0 Å². The first-order chi connectivity index (χ1) is 10.6. The number of phenols is 1. The van der Waals surface area contributed by atoms with E-state index in [1.807, 2.05) is 0 Å². The number of carbonyl (C=O) groups excluding carboxylic acids is 1. The Hall–Kier alpha value is -2.21. The van der Waals surface area contributed by atoms with Crippen LogP contribution in [0, 0.1) is 0 Å². The predicted molar refractivity (Wildman–Crippen MR) is 81.1 cm³/mol. The van der Waals surface area contributed by atoms with Gasteiger partial charge >= 0.3 is 11.4 Å². The molecular formula is C12H11NO8S2. The second-order valence-corrected chi connectivity index (χ2v) is 6.49. The monoisotopic (exact) mass is 361 g/mol. The van der Waals surface area contributed by atoms with E-state index in [0.717, 1.165) is 18.2 Å². The summed E-state index contributed by atoms with van der Waals surface area (Å²) in [6, 6.07) is 4.18. The zero-order valence-electron chi connectivity index (χ0n) is 11.5. The predicted octanol–water partition coefficient (Wildman–Crippen LogP) is 1.27. The summed E-state index contributed by atoms with van der Waals surface area (Å²) < 4.78 is 55.7. The molecule has 23 heavy (non-hydrogen) atoms. The van der Waals surface area contributed by atoms with Gasteiger partial charge < -0.3 is 14.6 Å². The number of anilines is 1. The van der Waals surface area contributed by atoms with Crippen LogP contribution in [0.4, 0.5) is 5.69 Å². The van der Waals surface area contributed by atoms with Crippen molar-refractivity contribution < 1.29 is 35.8 Å². The van der Waals surface area contributed by atoms with Gasteiger partial charge in [0.2, 0.25) is 5.91 Å². The molecule has 0 aliphatic carbocycles. The van der Waals surface area contributed by atoms with Crippen LogP contribution < -0.4 is 9.50 Å². The van der Waals surface area contributed by atoms with Gasteiger partial charge in [-0.25, -0.2) is 0 Å². The average molecular weight is 361 g/mol. The minimum atomic E-state index is -4.58. The number of amides is 1. The van der Waals surface area contributed by atoms with Crippen LogP contribution in [0.2, 0.25) is 0 Å². The van der Waals surface area contributed by atoms with E-state index in [-0.39, 0.29) is 22.2 Å². The van der Waals surface area contributed by atoms with Gasteiger partial charge in [0.25, 0.3) is 10.1 Å². The second kappa shape index (κ2) is 6.12. The molecule has 2 aromatic rings. The van der Waals surface area contributed by atoms with Crippen LogP contribution in [-0.2, 0) is 26.3 Å². The lowest BCUT2D eigenvalue weighted by atomic mass is 10.1. The Labute approximate surface area is 133 Å². The molecule has 0 aliphatic heterocycles. The summed E-state index contributed by atoms with van der Waals surface area (Å²) in [4.78, 5) is 10.7. The maximum Gasteiger partial charge on any atom is 0.357 e. The summed E-state index contributed by atoms with van der Waals surface area (Å²) in [5.74, 6) is -1.17. The zero-order chi connectivity index (χ0) is 17.4. The van der Waals surface area contributed by atoms with Crippen LogP contribution in [0.5, 0.6) is 11.5 Å². The maximum atomic E-state index is 11.3. The maximum absolute atomic E-state index is 11.3. The Balaban J connectivity index is 2.81. The molecular weight excluding hydrogens is 350 g/mol. The van der Waals surface area contributed by atoms with Crippen molar-refractivity contribution in [2.24, 2.45) is 0 Å². The molecule has 0 heterocycles. The number of rotatable bonds is 4. The molecule has 124 valence electrons. The fourth-order valence-corrected chi connectivity index (χ4v) is 2.81. The lowest BCUT2D eigenvalue weighted by Crippen LogP contribution is -2.08. The minimum absolute atomic E-state index is 0.0585. The summed E-state index contributed by atoms with van der Waals surface area (Å²) in [7, 11) is -4.58. The number of nitrogens with one attached hydrogen (secondary N) is 1. The third kappa shape index (κ3) is 3.96. The van der Waals surface area contributed by atoms with Crippen LogP contribution in [0.15, 0.2) is 29.2 Å². The molecule has 0 aliphatic rings. The Bertz CT molecular complexity index is 922. The number of benzene rings is 2. The fraction of sp³-hybridized carbons (Fsp3) is 0.0833. The highest BCUT2D eigenvalue weighted by molar-refractivity contribution is 7.85. The molecule has 0 saturated heterocycles. The molecule has 1 unspecified atom stereocenters. The Morgan fingerprint density at radius 3 is 2.43 bits per heavy atom. The molecule has 9 nitrogen and oxygen atoms in total. The van der Waals surface area contributed by atoms with Crippen molar-refractivity contribution >= 4 is 43.8 Å². The van der Waals surface area contributed by atoms with E-state index in [1.165, 1.54) is 13.0 Å². The van der Waals surface area contributed by atoms with Crippen molar-refractivity contribution in [1.29, 1.82) is 0 Å². The molecule has 0 bridgehead atoms. The molecule has 1 amide bonds. The summed E-state index contributed by atoms with van der Waals surface area (Å²) in [5, 5.41) is 12.5. The molecule has 2 rings (SSSR count). The highest BCUT2D eigenvalue weighted by Gasteiger charge is 2.18. The van der Waals surface area contributed by atoms with E-state index in [1.54, 1.807) is 0 Å². The number of hydrogen-bond acceptors (Lipinski definition) is 6. The third-order valence-electron chi connectivity index (χ3n) is 2.75. The fourth-order valence-electron chi connectivity index (χ4n) is 2.01. The number of fused-ring (bicyclic) bond motifs is 1. The van der Waals surface area contributed by atoms with E-state index < -0.39 is 38.0 Å². The Morgan fingerprint density at radius 1 is 1.26 bits per heavy atom. The molecule has 1 atom stereocenters. The summed E-state index contributed by atoms with van der Waals surface area (Å²) >= 11 is -2.65. The number of aromatic hydroxyl groups is 1. The average Bonchev–Trinajstić information content (AvgIpc) is 2.34. The van der Waals surface area contributed by atoms with Crippen LogP contribution in [0.1, 0.15) is 6.92 Å². The van der Waals surface area contributed by atoms with Crippen LogP contribution in [0.25, 0.3) is 10.8 Å². The minimum Gasteiger partial charge on any atom is -0.507 e. The number of phenolic OH excluding ortho intramolecular Hbond substituents is 1. The molecule has 2 aromatic carbocycles. The van der Waals surface area contributed by atoms with E-state index in [2.05, 4.69) is 9.50 Å². The van der Waals surface area contributed by atoms with Gasteiger partial charge in [0, 0.05) is 18.4 Å². The quantitative estimate of drug-likeness (QED) is 0.469. The standard InChI is InChI=1S/C12H11NO8S2/c1-6(14)13-10-5-9(23(18,19)20)3-7-2-8(21-22(16)17)4-11(15)12(7)10/h2-5,15H,1H3,(H,13,14)(H,16,17)(H,18,19,20). The Kier molecular flexibility index (Phi) is 4.56. The third-order valence-corrected chi connectivity index (χ3v) is 3.92. The SMILES string of the molecule is CC(=O)Nc1cc(S(=O)(=O)O)cc2cc(OS(=O)O)cc(O)c12. The van der Waals surface area contributed by atoms with Gasteiger partial charge in [0.05, 0.1) is 10.6 Å². The van der Waals surface area contributed by atoms with Crippen molar-refractivity contribution in [2.45, 2.75) is 11.8 Å². The van der Waals surface area contributed by atoms with Gasteiger partial charge in [-0.15, -0.1) is 0 Å². The lowest BCUT2D eigenvalue weighted by Gasteiger charge is -2.12. The van der Waals surface area contributed by atoms with Crippen LogP contribution in [0.3, 0.4) is 0 Å². The smallest absolute Gasteiger partial charge is 0.357 e. The van der Waals surface area contributed by atoms with E-state index in [4.69, 9.17) is 9.11 Å². The van der Waals surface area contributed by atoms with Gasteiger partial charge in [-0.2, -0.15) is 12.6 Å². The van der Waals surface area contributed by atoms with Crippen molar-refractivity contribution in [3.8, 4) is 11.5 Å². The zero-order valence-corrected chi connectivity index (χ0v) is 13.1. The van der Waals surface area contributed by atoms with Gasteiger partial charge in [-0.1, -0.05) is 0 Å². The summed E-state index contributed by atoms with van der Waals surface area (Å²) in [6.07, 6.45) is 0. The molecule has 0 saturated carbocycles. The number of hydrogen-bond donors (Lipinski definition) is 4.